The number of carbonyl (C=O) groups excluding carboxylic acids is 1. The third-order valence-electron chi connectivity index (χ3n) is 2.68. The van der Waals surface area contributed by atoms with Gasteiger partial charge < -0.3 is 15.2 Å². The summed E-state index contributed by atoms with van der Waals surface area (Å²) in [6, 6.07) is 2.02. The molecule has 0 unspecified atom stereocenters. The number of likely N-dealkylation sites (N-methyl/N-ethyl adjacent to an activating group) is 1. The Morgan fingerprint density at radius 2 is 2.35 bits per heavy atom. The van der Waals surface area contributed by atoms with Crippen molar-refractivity contribution in [3.63, 3.8) is 0 Å². The Kier molecular flexibility index (Phi) is 3.73. The summed E-state index contributed by atoms with van der Waals surface area (Å²) in [5, 5.41) is 8.50. The van der Waals surface area contributed by atoms with Crippen LogP contribution in [0.4, 0.5) is 5.82 Å². The lowest BCUT2D eigenvalue weighted by molar-refractivity contribution is -0.137. The zero-order chi connectivity index (χ0) is 13.1. The Morgan fingerprint density at radius 3 is 2.82 bits per heavy atom. The molecule has 6 nitrogen and oxygen atoms in total. The van der Waals surface area contributed by atoms with Crippen LogP contribution in [0.15, 0.2) is 12.5 Å². The van der Waals surface area contributed by atoms with Crippen LogP contribution in [0.3, 0.4) is 0 Å². The van der Waals surface area contributed by atoms with Crippen molar-refractivity contribution in [3.05, 3.63) is 12.5 Å². The molecule has 1 rings (SSSR count). The van der Waals surface area contributed by atoms with Crippen molar-refractivity contribution in [1.82, 2.24) is 14.5 Å². The molecule has 0 aliphatic rings. The van der Waals surface area contributed by atoms with E-state index >= 15 is 0 Å². The highest BCUT2D eigenvalue weighted by atomic mass is 16.2. The molecule has 0 fully saturated rings. The first-order chi connectivity index (χ1) is 7.89. The molecule has 0 spiro atoms. The SMILES string of the molecule is CN(CCC#N)C(=O)C(C)(C)n1cnc(N)c1. The Balaban J connectivity index is 2.83. The maximum Gasteiger partial charge on any atom is 0.248 e. The van der Waals surface area contributed by atoms with Gasteiger partial charge in [0.15, 0.2) is 0 Å². The Bertz CT molecular complexity index is 443. The highest BCUT2D eigenvalue weighted by Gasteiger charge is 2.32. The molecule has 1 heterocycles. The number of anilines is 1. The van der Waals surface area contributed by atoms with Crippen LogP contribution < -0.4 is 5.73 Å². The van der Waals surface area contributed by atoms with Crippen LogP contribution in [0.25, 0.3) is 0 Å². The minimum Gasteiger partial charge on any atom is -0.382 e. The van der Waals surface area contributed by atoms with Crippen molar-refractivity contribution in [2.75, 3.05) is 19.3 Å². The van der Waals surface area contributed by atoms with Gasteiger partial charge in [-0.1, -0.05) is 0 Å². The number of carbonyl (C=O) groups is 1. The molecule has 2 N–H and O–H groups in total. The number of amides is 1. The molecule has 0 saturated carbocycles. The number of nitrogens with two attached hydrogens (primary N) is 1. The first kappa shape index (κ1) is 13.0. The van der Waals surface area contributed by atoms with Crippen LogP contribution in [0.2, 0.25) is 0 Å². The molecule has 0 aromatic carbocycles. The molecule has 1 amide bonds. The van der Waals surface area contributed by atoms with E-state index in [1.54, 1.807) is 36.6 Å². The van der Waals surface area contributed by atoms with Gasteiger partial charge in [0, 0.05) is 19.8 Å². The second-order valence-electron chi connectivity index (χ2n) is 4.40. The zero-order valence-corrected chi connectivity index (χ0v) is 10.3. The number of aromatic nitrogens is 2. The van der Waals surface area contributed by atoms with E-state index in [1.165, 1.54) is 6.33 Å². The van der Waals surface area contributed by atoms with Gasteiger partial charge in [-0.2, -0.15) is 5.26 Å². The van der Waals surface area contributed by atoms with E-state index in [4.69, 9.17) is 11.0 Å². The maximum atomic E-state index is 12.2. The fraction of sp³-hybridized carbons (Fsp3) is 0.545. The number of nitrogen functional groups attached to an aromatic ring is 1. The van der Waals surface area contributed by atoms with Crippen molar-refractivity contribution in [3.8, 4) is 6.07 Å². The summed E-state index contributed by atoms with van der Waals surface area (Å²) in [7, 11) is 1.68. The average molecular weight is 235 g/mol. The first-order valence-electron chi connectivity index (χ1n) is 5.32. The van der Waals surface area contributed by atoms with Crippen LogP contribution >= 0.6 is 0 Å². The molecule has 17 heavy (non-hydrogen) atoms. The zero-order valence-electron chi connectivity index (χ0n) is 10.3. The largest absolute Gasteiger partial charge is 0.382 e. The lowest BCUT2D eigenvalue weighted by Gasteiger charge is -2.30. The van der Waals surface area contributed by atoms with Crippen molar-refractivity contribution in [2.45, 2.75) is 25.8 Å². The van der Waals surface area contributed by atoms with Gasteiger partial charge in [-0.25, -0.2) is 4.98 Å². The fourth-order valence-corrected chi connectivity index (χ4v) is 1.54. The monoisotopic (exact) mass is 235 g/mol. The predicted molar refractivity (Wildman–Crippen MR) is 63.8 cm³/mol. The second kappa shape index (κ2) is 4.87. The summed E-state index contributed by atoms with van der Waals surface area (Å²) in [4.78, 5) is 17.7. The van der Waals surface area contributed by atoms with E-state index in [-0.39, 0.29) is 5.91 Å². The van der Waals surface area contributed by atoms with Gasteiger partial charge >= 0.3 is 0 Å². The summed E-state index contributed by atoms with van der Waals surface area (Å²) in [5.41, 5.74) is 4.78. The smallest absolute Gasteiger partial charge is 0.248 e. The highest BCUT2D eigenvalue weighted by molar-refractivity contribution is 5.83. The average Bonchev–Trinajstić information content (AvgIpc) is 2.72. The summed E-state index contributed by atoms with van der Waals surface area (Å²) in [5.74, 6) is 0.302. The van der Waals surface area contributed by atoms with Crippen LogP contribution in [0, 0.1) is 11.3 Å². The number of nitrogens with zero attached hydrogens (tertiary/aromatic N) is 4. The molecular weight excluding hydrogens is 218 g/mol. The minimum absolute atomic E-state index is 0.0786. The molecular formula is C11H17N5O. The quantitative estimate of drug-likeness (QED) is 0.826. The van der Waals surface area contributed by atoms with Gasteiger partial charge in [-0.05, 0) is 13.8 Å². The standard InChI is InChI=1S/C11H17N5O/c1-11(2,16-7-9(13)14-8-16)10(17)15(3)6-4-5-12/h7-8H,4,6,13H2,1-3H3. The molecule has 0 radical (unpaired) electrons. The van der Waals surface area contributed by atoms with Gasteiger partial charge in [0.25, 0.3) is 0 Å². The fourth-order valence-electron chi connectivity index (χ4n) is 1.54. The van der Waals surface area contributed by atoms with Gasteiger partial charge in [0.05, 0.1) is 18.8 Å². The number of imidazole rings is 1. The Hall–Kier alpha value is -2.03. The molecule has 1 aromatic rings. The van der Waals surface area contributed by atoms with Gasteiger partial charge in [0.1, 0.15) is 11.4 Å². The van der Waals surface area contributed by atoms with E-state index in [0.29, 0.717) is 18.8 Å². The third kappa shape index (κ3) is 2.75. The summed E-state index contributed by atoms with van der Waals surface area (Å²) in [6.45, 7) is 4.00. The predicted octanol–water partition coefficient (Wildman–Crippen LogP) is 0.572. The lowest BCUT2D eigenvalue weighted by atomic mass is 10.0. The number of hydrogen-bond donors (Lipinski definition) is 1. The topological polar surface area (TPSA) is 87.9 Å². The van der Waals surface area contributed by atoms with E-state index in [2.05, 4.69) is 4.98 Å². The molecule has 1 aromatic heterocycles. The molecule has 0 aliphatic heterocycles. The van der Waals surface area contributed by atoms with Crippen molar-refractivity contribution >= 4 is 11.7 Å². The summed E-state index contributed by atoms with van der Waals surface area (Å²) in [6.07, 6.45) is 3.48. The van der Waals surface area contributed by atoms with Gasteiger partial charge in [0.2, 0.25) is 5.91 Å². The molecule has 0 saturated heterocycles. The van der Waals surface area contributed by atoms with Crippen molar-refractivity contribution in [2.24, 2.45) is 0 Å². The molecule has 0 atom stereocenters. The number of rotatable bonds is 4. The van der Waals surface area contributed by atoms with E-state index in [9.17, 15) is 4.79 Å². The Labute approximate surface area is 101 Å². The summed E-state index contributed by atoms with van der Waals surface area (Å²) < 4.78 is 1.67. The first-order valence-corrected chi connectivity index (χ1v) is 5.32. The third-order valence-corrected chi connectivity index (χ3v) is 2.68. The molecule has 92 valence electrons. The van der Waals surface area contributed by atoms with Crippen LogP contribution in [0.1, 0.15) is 20.3 Å². The minimum atomic E-state index is -0.755. The van der Waals surface area contributed by atoms with Crippen molar-refractivity contribution < 1.29 is 4.79 Å². The van der Waals surface area contributed by atoms with Gasteiger partial charge in [-0.15, -0.1) is 0 Å². The number of hydrogen-bond acceptors (Lipinski definition) is 4. The number of nitriles is 1. The van der Waals surface area contributed by atoms with Crippen LogP contribution in [-0.2, 0) is 10.3 Å². The molecule has 0 aliphatic carbocycles. The maximum absolute atomic E-state index is 12.2. The summed E-state index contributed by atoms with van der Waals surface area (Å²) >= 11 is 0. The normalized spacial score (nSPS) is 10.9. The van der Waals surface area contributed by atoms with E-state index in [1.807, 2.05) is 6.07 Å². The second-order valence-corrected chi connectivity index (χ2v) is 4.40. The van der Waals surface area contributed by atoms with Crippen LogP contribution in [0.5, 0.6) is 0 Å². The van der Waals surface area contributed by atoms with E-state index < -0.39 is 5.54 Å². The molecule has 6 heteroatoms. The molecule has 0 bridgehead atoms. The highest BCUT2D eigenvalue weighted by Crippen LogP contribution is 2.19. The Morgan fingerprint density at radius 1 is 1.71 bits per heavy atom. The lowest BCUT2D eigenvalue weighted by Crippen LogP contribution is -2.45. The van der Waals surface area contributed by atoms with E-state index in [0.717, 1.165) is 0 Å². The van der Waals surface area contributed by atoms with Crippen LogP contribution in [-0.4, -0.2) is 34.0 Å². The van der Waals surface area contributed by atoms with Gasteiger partial charge in [-0.3, -0.25) is 4.79 Å². The van der Waals surface area contributed by atoms with Crippen molar-refractivity contribution in [1.29, 1.82) is 5.26 Å².